The van der Waals surface area contributed by atoms with Gasteiger partial charge < -0.3 is 5.32 Å². The van der Waals surface area contributed by atoms with Crippen molar-refractivity contribution in [2.75, 3.05) is 0 Å². The number of nitrogens with one attached hydrogen (secondary N) is 1. The van der Waals surface area contributed by atoms with Crippen molar-refractivity contribution in [3.63, 3.8) is 0 Å². The molecule has 0 fully saturated rings. The summed E-state index contributed by atoms with van der Waals surface area (Å²) in [6, 6.07) is 12.8. The zero-order valence-corrected chi connectivity index (χ0v) is 11.8. The largest absolute Gasteiger partial charge is 0.307 e. The van der Waals surface area contributed by atoms with E-state index < -0.39 is 0 Å². The maximum atomic E-state index is 13.2. The van der Waals surface area contributed by atoms with E-state index in [0.717, 1.165) is 23.5 Å². The minimum absolute atomic E-state index is 0.192. The van der Waals surface area contributed by atoms with Crippen LogP contribution in [-0.2, 0) is 13.0 Å². The van der Waals surface area contributed by atoms with Crippen LogP contribution < -0.4 is 5.32 Å². The van der Waals surface area contributed by atoms with Crippen LogP contribution in [0.5, 0.6) is 0 Å². The number of aromatic nitrogens is 3. The van der Waals surface area contributed by atoms with Crippen LogP contribution in [0.15, 0.2) is 48.7 Å². The van der Waals surface area contributed by atoms with Crippen molar-refractivity contribution in [3.05, 3.63) is 65.9 Å². The number of pyridine rings is 1. The molecule has 2 heterocycles. The molecule has 4 nitrogen and oxygen atoms in total. The molecule has 0 aliphatic carbocycles. The second-order valence-electron chi connectivity index (χ2n) is 5.16. The van der Waals surface area contributed by atoms with E-state index >= 15 is 0 Å². The van der Waals surface area contributed by atoms with Crippen molar-refractivity contribution in [2.24, 2.45) is 0 Å². The highest BCUT2D eigenvalue weighted by molar-refractivity contribution is 5.36. The molecule has 21 heavy (non-hydrogen) atoms. The Morgan fingerprint density at radius 2 is 2.10 bits per heavy atom. The van der Waals surface area contributed by atoms with Crippen molar-refractivity contribution in [2.45, 2.75) is 25.9 Å². The fourth-order valence-corrected chi connectivity index (χ4v) is 2.37. The molecule has 2 aromatic heterocycles. The van der Waals surface area contributed by atoms with Crippen molar-refractivity contribution < 1.29 is 4.39 Å². The summed E-state index contributed by atoms with van der Waals surface area (Å²) >= 11 is 0. The van der Waals surface area contributed by atoms with E-state index in [1.807, 2.05) is 34.9 Å². The summed E-state index contributed by atoms with van der Waals surface area (Å²) in [5.41, 5.74) is 1.83. The SMILES string of the molecule is CC(Cc1cccc(F)c1)NCc1nnc2ccccn12. The number of halogens is 1. The average Bonchev–Trinajstić information content (AvgIpc) is 2.88. The predicted molar refractivity (Wildman–Crippen MR) is 79.4 cm³/mol. The smallest absolute Gasteiger partial charge is 0.160 e. The van der Waals surface area contributed by atoms with Gasteiger partial charge in [0, 0.05) is 12.2 Å². The van der Waals surface area contributed by atoms with Gasteiger partial charge in [0.15, 0.2) is 11.5 Å². The van der Waals surface area contributed by atoms with Crippen molar-refractivity contribution >= 4 is 5.65 Å². The Morgan fingerprint density at radius 3 is 2.95 bits per heavy atom. The molecule has 0 saturated carbocycles. The molecule has 0 amide bonds. The highest BCUT2D eigenvalue weighted by Gasteiger charge is 2.08. The molecule has 1 atom stereocenters. The first kappa shape index (κ1) is 13.7. The van der Waals surface area contributed by atoms with Gasteiger partial charge in [0.25, 0.3) is 0 Å². The lowest BCUT2D eigenvalue weighted by atomic mass is 10.1. The van der Waals surface area contributed by atoms with Gasteiger partial charge in [-0.25, -0.2) is 4.39 Å². The van der Waals surface area contributed by atoms with Crippen LogP contribution in [0, 0.1) is 5.82 Å². The standard InChI is InChI=1S/C16H17FN4/c1-12(9-13-5-4-6-14(17)10-13)18-11-16-20-19-15-7-2-3-8-21(15)16/h2-8,10,12,18H,9,11H2,1H3. The van der Waals surface area contributed by atoms with E-state index in [9.17, 15) is 4.39 Å². The van der Waals surface area contributed by atoms with Crippen LogP contribution in [0.25, 0.3) is 5.65 Å². The molecule has 5 heteroatoms. The van der Waals surface area contributed by atoms with E-state index in [2.05, 4.69) is 22.4 Å². The summed E-state index contributed by atoms with van der Waals surface area (Å²) in [7, 11) is 0. The Kier molecular flexibility index (Phi) is 3.92. The Balaban J connectivity index is 1.62. The first-order valence-corrected chi connectivity index (χ1v) is 6.99. The highest BCUT2D eigenvalue weighted by atomic mass is 19.1. The minimum Gasteiger partial charge on any atom is -0.307 e. The second kappa shape index (κ2) is 6.01. The maximum absolute atomic E-state index is 13.2. The number of hydrogen-bond acceptors (Lipinski definition) is 3. The Bertz CT molecular complexity index is 738. The lowest BCUT2D eigenvalue weighted by molar-refractivity contribution is 0.529. The fraction of sp³-hybridized carbons (Fsp3) is 0.250. The third kappa shape index (κ3) is 3.25. The third-order valence-corrected chi connectivity index (χ3v) is 3.42. The summed E-state index contributed by atoms with van der Waals surface area (Å²) in [5, 5.41) is 11.7. The van der Waals surface area contributed by atoms with Gasteiger partial charge >= 0.3 is 0 Å². The van der Waals surface area contributed by atoms with Gasteiger partial charge in [0.05, 0.1) is 6.54 Å². The van der Waals surface area contributed by atoms with Crippen molar-refractivity contribution in [3.8, 4) is 0 Å². The number of rotatable bonds is 5. The minimum atomic E-state index is -0.192. The zero-order chi connectivity index (χ0) is 14.7. The van der Waals surface area contributed by atoms with Gasteiger partial charge in [-0.15, -0.1) is 10.2 Å². The molecular weight excluding hydrogens is 267 g/mol. The molecule has 0 radical (unpaired) electrons. The lowest BCUT2D eigenvalue weighted by Crippen LogP contribution is -2.28. The molecule has 108 valence electrons. The fourth-order valence-electron chi connectivity index (χ4n) is 2.37. The maximum Gasteiger partial charge on any atom is 0.160 e. The predicted octanol–water partition coefficient (Wildman–Crippen LogP) is 2.59. The molecule has 0 bridgehead atoms. The van der Waals surface area contributed by atoms with Crippen LogP contribution in [0.2, 0.25) is 0 Å². The van der Waals surface area contributed by atoms with Crippen molar-refractivity contribution in [1.29, 1.82) is 0 Å². The molecule has 0 saturated heterocycles. The number of benzene rings is 1. The van der Waals surface area contributed by atoms with Crippen LogP contribution in [0.4, 0.5) is 4.39 Å². The van der Waals surface area contributed by atoms with E-state index in [-0.39, 0.29) is 11.9 Å². The van der Waals surface area contributed by atoms with Crippen LogP contribution in [0.3, 0.4) is 0 Å². The van der Waals surface area contributed by atoms with Gasteiger partial charge in [-0.05, 0) is 43.2 Å². The molecule has 0 aliphatic heterocycles. The summed E-state index contributed by atoms with van der Waals surface area (Å²) in [5.74, 6) is 0.680. The van der Waals surface area contributed by atoms with Crippen LogP contribution >= 0.6 is 0 Å². The summed E-state index contributed by atoms with van der Waals surface area (Å²) < 4.78 is 15.1. The quantitative estimate of drug-likeness (QED) is 0.783. The van der Waals surface area contributed by atoms with Gasteiger partial charge in [0.1, 0.15) is 5.82 Å². The molecule has 0 spiro atoms. The highest BCUT2D eigenvalue weighted by Crippen LogP contribution is 2.07. The first-order valence-electron chi connectivity index (χ1n) is 6.99. The molecule has 1 aromatic carbocycles. The van der Waals surface area contributed by atoms with Crippen LogP contribution in [-0.4, -0.2) is 20.6 Å². The van der Waals surface area contributed by atoms with E-state index in [0.29, 0.717) is 6.54 Å². The monoisotopic (exact) mass is 284 g/mol. The van der Waals surface area contributed by atoms with Crippen LogP contribution in [0.1, 0.15) is 18.3 Å². The zero-order valence-electron chi connectivity index (χ0n) is 11.8. The molecular formula is C16H17FN4. The third-order valence-electron chi connectivity index (χ3n) is 3.42. The first-order chi connectivity index (χ1) is 10.2. The summed E-state index contributed by atoms with van der Waals surface area (Å²) in [6.45, 7) is 2.70. The Hall–Kier alpha value is -2.27. The van der Waals surface area contributed by atoms with Gasteiger partial charge in [-0.1, -0.05) is 18.2 Å². The molecule has 3 aromatic rings. The molecule has 1 N–H and O–H groups in total. The summed E-state index contributed by atoms with van der Waals surface area (Å²) in [4.78, 5) is 0. The van der Waals surface area contributed by atoms with E-state index in [1.54, 1.807) is 12.1 Å². The molecule has 0 aliphatic rings. The number of fused-ring (bicyclic) bond motifs is 1. The Morgan fingerprint density at radius 1 is 1.19 bits per heavy atom. The van der Waals surface area contributed by atoms with Gasteiger partial charge in [-0.3, -0.25) is 4.40 Å². The average molecular weight is 284 g/mol. The summed E-state index contributed by atoms with van der Waals surface area (Å²) in [6.07, 6.45) is 2.72. The second-order valence-corrected chi connectivity index (χ2v) is 5.16. The van der Waals surface area contributed by atoms with Gasteiger partial charge in [0.2, 0.25) is 0 Å². The normalized spacial score (nSPS) is 12.7. The molecule has 3 rings (SSSR count). The van der Waals surface area contributed by atoms with E-state index in [4.69, 9.17) is 0 Å². The molecule has 1 unspecified atom stereocenters. The van der Waals surface area contributed by atoms with Gasteiger partial charge in [-0.2, -0.15) is 0 Å². The number of nitrogens with zero attached hydrogens (tertiary/aromatic N) is 3. The van der Waals surface area contributed by atoms with E-state index in [1.165, 1.54) is 6.07 Å². The van der Waals surface area contributed by atoms with Crippen molar-refractivity contribution in [1.82, 2.24) is 19.9 Å². The number of hydrogen-bond donors (Lipinski definition) is 1. The topological polar surface area (TPSA) is 42.2 Å². The lowest BCUT2D eigenvalue weighted by Gasteiger charge is -2.13. The Labute approximate surface area is 122 Å².